The average molecular weight is 339 g/mol. The Morgan fingerprint density at radius 2 is 1.96 bits per heavy atom. The van der Waals surface area contributed by atoms with E-state index in [1.807, 2.05) is 19.1 Å². The Balaban J connectivity index is 2.12. The lowest BCUT2D eigenvalue weighted by atomic mass is 10.2. The molecule has 23 heavy (non-hydrogen) atoms. The van der Waals surface area contributed by atoms with Crippen LogP contribution in [0.4, 0.5) is 0 Å². The molecule has 0 bridgehead atoms. The van der Waals surface area contributed by atoms with Crippen LogP contribution < -0.4 is 9.46 Å². The summed E-state index contributed by atoms with van der Waals surface area (Å²) in [5.74, 6) is 1.82. The molecule has 0 aliphatic heterocycles. The third-order valence-electron chi connectivity index (χ3n) is 3.24. The summed E-state index contributed by atoms with van der Waals surface area (Å²) in [5, 5.41) is 0. The summed E-state index contributed by atoms with van der Waals surface area (Å²) in [7, 11) is -2.21. The van der Waals surface area contributed by atoms with Gasteiger partial charge in [-0.05, 0) is 37.6 Å². The van der Waals surface area contributed by atoms with Gasteiger partial charge in [-0.25, -0.2) is 13.1 Å². The van der Waals surface area contributed by atoms with Gasteiger partial charge < -0.3 is 13.9 Å². The van der Waals surface area contributed by atoms with Gasteiger partial charge in [-0.2, -0.15) is 0 Å². The van der Waals surface area contributed by atoms with Crippen LogP contribution in [0.3, 0.4) is 0 Å². The number of aryl methyl sites for hydroxylation is 2. The molecule has 0 radical (unpaired) electrons. The molecular weight excluding hydrogens is 318 g/mol. The van der Waals surface area contributed by atoms with Crippen molar-refractivity contribution in [2.75, 3.05) is 20.4 Å². The Kier molecular flexibility index (Phi) is 5.81. The smallest absolute Gasteiger partial charge is 0.244 e. The van der Waals surface area contributed by atoms with Crippen molar-refractivity contribution in [1.29, 1.82) is 0 Å². The summed E-state index contributed by atoms with van der Waals surface area (Å²) in [6.45, 7) is 3.80. The standard InChI is InChI=1S/C16H21NO5S/c1-12-5-4-6-15(21-11-20-3)16(12)23(18,19)17-10-9-14-8-7-13(2)22-14/h4-8,17H,9-11H2,1-3H3. The molecule has 0 aliphatic rings. The number of methoxy groups -OCH3 is 1. The van der Waals surface area contributed by atoms with Gasteiger partial charge in [0.25, 0.3) is 0 Å². The number of furan rings is 1. The lowest BCUT2D eigenvalue weighted by Gasteiger charge is -2.14. The lowest BCUT2D eigenvalue weighted by molar-refractivity contribution is 0.0489. The highest BCUT2D eigenvalue weighted by Gasteiger charge is 2.22. The van der Waals surface area contributed by atoms with Crippen LogP contribution in [0, 0.1) is 13.8 Å². The first-order valence-corrected chi connectivity index (χ1v) is 8.68. The maximum Gasteiger partial charge on any atom is 0.244 e. The molecule has 0 aliphatic carbocycles. The molecule has 1 aromatic carbocycles. The number of ether oxygens (including phenoxy) is 2. The second-order valence-corrected chi connectivity index (χ2v) is 6.82. The van der Waals surface area contributed by atoms with E-state index in [1.165, 1.54) is 7.11 Å². The fourth-order valence-electron chi connectivity index (χ4n) is 2.21. The van der Waals surface area contributed by atoms with E-state index in [4.69, 9.17) is 13.9 Å². The van der Waals surface area contributed by atoms with Crippen LogP contribution in [-0.2, 0) is 21.2 Å². The molecule has 0 fully saturated rings. The average Bonchev–Trinajstić information content (AvgIpc) is 2.90. The van der Waals surface area contributed by atoms with E-state index >= 15 is 0 Å². The zero-order chi connectivity index (χ0) is 16.9. The third kappa shape index (κ3) is 4.57. The second-order valence-electron chi connectivity index (χ2n) is 5.11. The van der Waals surface area contributed by atoms with E-state index in [2.05, 4.69) is 4.72 Å². The molecule has 0 saturated heterocycles. The van der Waals surface area contributed by atoms with Crippen molar-refractivity contribution in [2.24, 2.45) is 0 Å². The summed E-state index contributed by atoms with van der Waals surface area (Å²) >= 11 is 0. The zero-order valence-electron chi connectivity index (χ0n) is 13.5. The number of nitrogens with one attached hydrogen (secondary N) is 1. The summed E-state index contributed by atoms with van der Waals surface area (Å²) < 4.78 is 43.4. The van der Waals surface area contributed by atoms with Gasteiger partial charge in [0.2, 0.25) is 10.0 Å². The van der Waals surface area contributed by atoms with Gasteiger partial charge in [0, 0.05) is 20.1 Å². The van der Waals surface area contributed by atoms with Gasteiger partial charge >= 0.3 is 0 Å². The predicted octanol–water partition coefficient (Wildman–Crippen LogP) is 2.40. The summed E-state index contributed by atoms with van der Waals surface area (Å²) in [6, 6.07) is 8.76. The molecule has 2 rings (SSSR count). The highest BCUT2D eigenvalue weighted by atomic mass is 32.2. The SMILES string of the molecule is COCOc1cccc(C)c1S(=O)(=O)NCCc1ccc(C)o1. The third-order valence-corrected chi connectivity index (χ3v) is 4.88. The highest BCUT2D eigenvalue weighted by Crippen LogP contribution is 2.27. The first-order valence-electron chi connectivity index (χ1n) is 7.20. The molecule has 1 aromatic heterocycles. The van der Waals surface area contributed by atoms with Crippen LogP contribution >= 0.6 is 0 Å². The molecule has 0 atom stereocenters. The molecule has 0 amide bonds. The van der Waals surface area contributed by atoms with Crippen molar-refractivity contribution in [3.05, 3.63) is 47.4 Å². The predicted molar refractivity (Wildman–Crippen MR) is 86.0 cm³/mol. The first-order chi connectivity index (χ1) is 10.9. The van der Waals surface area contributed by atoms with Crippen molar-refractivity contribution in [3.8, 4) is 5.75 Å². The van der Waals surface area contributed by atoms with E-state index in [-0.39, 0.29) is 24.0 Å². The van der Waals surface area contributed by atoms with Crippen molar-refractivity contribution < 1.29 is 22.3 Å². The van der Waals surface area contributed by atoms with Crippen LogP contribution in [0.1, 0.15) is 17.1 Å². The Hall–Kier alpha value is -1.83. The van der Waals surface area contributed by atoms with Gasteiger partial charge in [0.05, 0.1) is 0 Å². The number of rotatable bonds is 8. The monoisotopic (exact) mass is 339 g/mol. The lowest BCUT2D eigenvalue weighted by Crippen LogP contribution is -2.27. The Morgan fingerprint density at radius 1 is 1.17 bits per heavy atom. The van der Waals surface area contributed by atoms with Gasteiger partial charge in [-0.1, -0.05) is 12.1 Å². The minimum atomic E-state index is -3.69. The van der Waals surface area contributed by atoms with Crippen molar-refractivity contribution >= 4 is 10.0 Å². The van der Waals surface area contributed by atoms with E-state index < -0.39 is 10.0 Å². The summed E-state index contributed by atoms with van der Waals surface area (Å²) in [6.07, 6.45) is 0.479. The first kappa shape index (κ1) is 17.5. The largest absolute Gasteiger partial charge is 0.466 e. The minimum absolute atomic E-state index is 0.0162. The molecule has 1 N–H and O–H groups in total. The number of hydrogen-bond acceptors (Lipinski definition) is 5. The van der Waals surface area contributed by atoms with Crippen LogP contribution in [0.5, 0.6) is 5.75 Å². The summed E-state index contributed by atoms with van der Waals surface area (Å²) in [4.78, 5) is 0.132. The fraction of sp³-hybridized carbons (Fsp3) is 0.375. The van der Waals surface area contributed by atoms with E-state index in [0.29, 0.717) is 12.0 Å². The molecule has 0 saturated carbocycles. The van der Waals surface area contributed by atoms with Crippen molar-refractivity contribution in [3.63, 3.8) is 0 Å². The van der Waals surface area contributed by atoms with Crippen LogP contribution in [0.2, 0.25) is 0 Å². The topological polar surface area (TPSA) is 77.8 Å². The number of hydrogen-bond donors (Lipinski definition) is 1. The Morgan fingerprint density at radius 3 is 2.61 bits per heavy atom. The second kappa shape index (κ2) is 7.63. The molecule has 0 unspecified atom stereocenters. The van der Waals surface area contributed by atoms with E-state index in [9.17, 15) is 8.42 Å². The van der Waals surface area contributed by atoms with Crippen LogP contribution in [0.25, 0.3) is 0 Å². The van der Waals surface area contributed by atoms with Gasteiger partial charge in [0.1, 0.15) is 22.2 Å². The van der Waals surface area contributed by atoms with Crippen LogP contribution in [-0.4, -0.2) is 28.9 Å². The quantitative estimate of drug-likeness (QED) is 0.747. The fourth-order valence-corrected chi connectivity index (χ4v) is 3.61. The normalized spacial score (nSPS) is 11.6. The molecule has 2 aromatic rings. The van der Waals surface area contributed by atoms with E-state index in [0.717, 1.165) is 11.5 Å². The molecule has 126 valence electrons. The van der Waals surface area contributed by atoms with Crippen molar-refractivity contribution in [1.82, 2.24) is 4.72 Å². The van der Waals surface area contributed by atoms with Gasteiger partial charge in [0.15, 0.2) is 6.79 Å². The maximum atomic E-state index is 12.6. The number of sulfonamides is 1. The maximum absolute atomic E-state index is 12.6. The van der Waals surface area contributed by atoms with E-state index in [1.54, 1.807) is 25.1 Å². The number of benzene rings is 1. The molecule has 1 heterocycles. The molecule has 7 heteroatoms. The highest BCUT2D eigenvalue weighted by molar-refractivity contribution is 7.89. The van der Waals surface area contributed by atoms with Crippen LogP contribution in [0.15, 0.2) is 39.6 Å². The Labute approximate surface area is 136 Å². The molecule has 0 spiro atoms. The molecule has 6 nitrogen and oxygen atoms in total. The Bertz CT molecular complexity index is 752. The minimum Gasteiger partial charge on any atom is -0.466 e. The van der Waals surface area contributed by atoms with Crippen molar-refractivity contribution in [2.45, 2.75) is 25.2 Å². The van der Waals surface area contributed by atoms with Gasteiger partial charge in [-0.15, -0.1) is 0 Å². The molecular formula is C16H21NO5S. The zero-order valence-corrected chi connectivity index (χ0v) is 14.3. The summed E-state index contributed by atoms with van der Waals surface area (Å²) in [5.41, 5.74) is 0.611. The van der Waals surface area contributed by atoms with Gasteiger partial charge in [-0.3, -0.25) is 0 Å².